The van der Waals surface area contributed by atoms with E-state index < -0.39 is 11.7 Å². The van der Waals surface area contributed by atoms with Gasteiger partial charge in [0.25, 0.3) is 0 Å². The Morgan fingerprint density at radius 1 is 1.38 bits per heavy atom. The largest absolute Gasteiger partial charge is 0.423 e. The van der Waals surface area contributed by atoms with Gasteiger partial charge in [0.15, 0.2) is 0 Å². The van der Waals surface area contributed by atoms with Gasteiger partial charge < -0.3 is 14.6 Å². The summed E-state index contributed by atoms with van der Waals surface area (Å²) in [6.07, 6.45) is 0.634. The van der Waals surface area contributed by atoms with Crippen molar-refractivity contribution >= 4 is 17.5 Å². The van der Waals surface area contributed by atoms with Crippen LogP contribution < -0.4 is 5.32 Å². The van der Waals surface area contributed by atoms with Crippen molar-refractivity contribution in [3.8, 4) is 0 Å². The minimum absolute atomic E-state index is 0.0186. The van der Waals surface area contributed by atoms with Crippen molar-refractivity contribution in [2.45, 2.75) is 52.1 Å². The van der Waals surface area contributed by atoms with E-state index in [-0.39, 0.29) is 30.8 Å². The molecule has 26 heavy (non-hydrogen) atoms. The molecule has 0 aliphatic carbocycles. The molecule has 0 bridgehead atoms. The first-order valence-corrected chi connectivity index (χ1v) is 8.60. The molecular weight excluding hydrogens is 339 g/mol. The van der Waals surface area contributed by atoms with Crippen molar-refractivity contribution < 1.29 is 18.4 Å². The van der Waals surface area contributed by atoms with Gasteiger partial charge in [0.1, 0.15) is 5.82 Å². The molecule has 0 fully saturated rings. The van der Waals surface area contributed by atoms with Crippen LogP contribution in [0.3, 0.4) is 0 Å². The molecule has 0 spiro atoms. The highest BCUT2D eigenvalue weighted by Gasteiger charge is 2.35. The van der Waals surface area contributed by atoms with Crippen LogP contribution in [0, 0.1) is 5.82 Å². The van der Waals surface area contributed by atoms with Gasteiger partial charge in [-0.1, -0.05) is 13.0 Å². The lowest BCUT2D eigenvalue weighted by molar-refractivity contribution is -0.137. The number of rotatable bonds is 5. The second-order valence-electron chi connectivity index (χ2n) is 6.54. The highest BCUT2D eigenvalue weighted by molar-refractivity contribution is 6.01. The lowest BCUT2D eigenvalue weighted by Gasteiger charge is -2.32. The molecule has 8 heteroatoms. The summed E-state index contributed by atoms with van der Waals surface area (Å²) >= 11 is 0. The average Bonchev–Trinajstić information content (AvgIpc) is 3.05. The molecule has 1 aliphatic rings. The van der Waals surface area contributed by atoms with Crippen LogP contribution in [0.4, 0.5) is 10.1 Å². The monoisotopic (exact) mass is 360 g/mol. The Hall–Kier alpha value is -2.77. The molecule has 2 heterocycles. The standard InChI is InChI=1S/C18H21FN4O3/c1-4-16-21-22-17(26-16)9-23(10(2)3)18(25)13-8-15(24)20-14-7-11(19)5-6-12(13)14/h5-7,10,13H,4,8-9H2,1-3H3,(H,20,24)/t13-/m0/s1. The maximum Gasteiger partial charge on any atom is 0.235 e. The number of carbonyl (C=O) groups excluding carboxylic acids is 2. The molecule has 1 aliphatic heterocycles. The predicted molar refractivity (Wildman–Crippen MR) is 91.7 cm³/mol. The zero-order valence-corrected chi connectivity index (χ0v) is 15.0. The number of nitrogens with one attached hydrogen (secondary N) is 1. The van der Waals surface area contributed by atoms with Gasteiger partial charge in [-0.05, 0) is 31.5 Å². The average molecular weight is 360 g/mol. The summed E-state index contributed by atoms with van der Waals surface area (Å²) in [5, 5.41) is 10.5. The topological polar surface area (TPSA) is 88.3 Å². The maximum atomic E-state index is 13.5. The van der Waals surface area contributed by atoms with E-state index in [1.165, 1.54) is 12.1 Å². The number of hydrogen-bond donors (Lipinski definition) is 1. The number of hydrogen-bond acceptors (Lipinski definition) is 5. The van der Waals surface area contributed by atoms with Crippen molar-refractivity contribution in [3.05, 3.63) is 41.4 Å². The van der Waals surface area contributed by atoms with Crippen LogP contribution >= 0.6 is 0 Å². The van der Waals surface area contributed by atoms with E-state index in [4.69, 9.17) is 4.42 Å². The number of anilines is 1. The maximum absolute atomic E-state index is 13.5. The summed E-state index contributed by atoms with van der Waals surface area (Å²) in [7, 11) is 0. The van der Waals surface area contributed by atoms with Crippen molar-refractivity contribution in [2.75, 3.05) is 5.32 Å². The third-order valence-electron chi connectivity index (χ3n) is 4.38. The van der Waals surface area contributed by atoms with E-state index in [1.54, 1.807) is 11.0 Å². The van der Waals surface area contributed by atoms with Gasteiger partial charge >= 0.3 is 0 Å². The first-order chi connectivity index (χ1) is 12.4. The molecule has 2 aromatic rings. The molecule has 0 unspecified atom stereocenters. The minimum atomic E-state index is -0.671. The summed E-state index contributed by atoms with van der Waals surface area (Å²) in [5.74, 6) is -0.807. The number of benzene rings is 1. The van der Waals surface area contributed by atoms with E-state index in [2.05, 4.69) is 15.5 Å². The SMILES string of the molecule is CCc1nnc(CN(C(=O)[C@H]2CC(=O)Nc3cc(F)ccc32)C(C)C)o1. The number of fused-ring (bicyclic) bond motifs is 1. The molecule has 2 amide bonds. The van der Waals surface area contributed by atoms with Crippen LogP contribution in [0.25, 0.3) is 0 Å². The van der Waals surface area contributed by atoms with Gasteiger partial charge in [0.2, 0.25) is 23.6 Å². The van der Waals surface area contributed by atoms with E-state index in [0.717, 1.165) is 0 Å². The fourth-order valence-corrected chi connectivity index (χ4v) is 3.01. The fourth-order valence-electron chi connectivity index (χ4n) is 3.01. The fraction of sp³-hybridized carbons (Fsp3) is 0.444. The summed E-state index contributed by atoms with van der Waals surface area (Å²) in [6.45, 7) is 5.82. The number of amides is 2. The van der Waals surface area contributed by atoms with Crippen LogP contribution in [0.1, 0.15) is 50.5 Å². The third-order valence-corrected chi connectivity index (χ3v) is 4.38. The zero-order chi connectivity index (χ0) is 18.8. The highest BCUT2D eigenvalue weighted by atomic mass is 19.1. The Morgan fingerprint density at radius 3 is 2.77 bits per heavy atom. The number of carbonyl (C=O) groups is 2. The van der Waals surface area contributed by atoms with Gasteiger partial charge in [0.05, 0.1) is 12.5 Å². The first kappa shape index (κ1) is 18.0. The zero-order valence-electron chi connectivity index (χ0n) is 15.0. The van der Waals surface area contributed by atoms with Gasteiger partial charge in [-0.15, -0.1) is 10.2 Å². The van der Waals surface area contributed by atoms with Gasteiger partial charge in [-0.25, -0.2) is 4.39 Å². The summed E-state index contributed by atoms with van der Waals surface area (Å²) in [6, 6.07) is 3.95. The molecule has 1 N–H and O–H groups in total. The molecule has 3 rings (SSSR count). The molecule has 1 aromatic heterocycles. The van der Waals surface area contributed by atoms with E-state index in [9.17, 15) is 14.0 Å². The van der Waals surface area contributed by atoms with Gasteiger partial charge in [0, 0.05) is 24.6 Å². The minimum Gasteiger partial charge on any atom is -0.423 e. The van der Waals surface area contributed by atoms with Crippen molar-refractivity contribution in [2.24, 2.45) is 0 Å². The lowest BCUT2D eigenvalue weighted by Crippen LogP contribution is -2.42. The smallest absolute Gasteiger partial charge is 0.235 e. The number of halogens is 1. The van der Waals surface area contributed by atoms with E-state index in [0.29, 0.717) is 29.5 Å². The van der Waals surface area contributed by atoms with Gasteiger partial charge in [-0.3, -0.25) is 9.59 Å². The van der Waals surface area contributed by atoms with Crippen molar-refractivity contribution in [1.82, 2.24) is 15.1 Å². The van der Waals surface area contributed by atoms with Gasteiger partial charge in [-0.2, -0.15) is 0 Å². The van der Waals surface area contributed by atoms with Crippen LogP contribution in [-0.2, 0) is 22.6 Å². The Bertz CT molecular complexity index is 834. The van der Waals surface area contributed by atoms with E-state index in [1.807, 2.05) is 20.8 Å². The van der Waals surface area contributed by atoms with E-state index >= 15 is 0 Å². The van der Waals surface area contributed by atoms with Crippen LogP contribution in [-0.4, -0.2) is 33.0 Å². The molecule has 0 radical (unpaired) electrons. The summed E-state index contributed by atoms with van der Waals surface area (Å²) in [5.41, 5.74) is 0.954. The highest BCUT2D eigenvalue weighted by Crippen LogP contribution is 2.34. The number of aromatic nitrogens is 2. The Kier molecular flexibility index (Phi) is 5.01. The molecular formula is C18H21FN4O3. The lowest BCUT2D eigenvalue weighted by atomic mass is 9.89. The quantitative estimate of drug-likeness (QED) is 0.885. The third kappa shape index (κ3) is 3.58. The van der Waals surface area contributed by atoms with Crippen molar-refractivity contribution in [1.29, 1.82) is 0 Å². The molecule has 7 nitrogen and oxygen atoms in total. The number of nitrogens with zero attached hydrogens (tertiary/aromatic N) is 3. The number of aryl methyl sites for hydroxylation is 1. The second-order valence-corrected chi connectivity index (χ2v) is 6.54. The van der Waals surface area contributed by atoms with Crippen LogP contribution in [0.5, 0.6) is 0 Å². The molecule has 0 saturated carbocycles. The van der Waals surface area contributed by atoms with Crippen molar-refractivity contribution in [3.63, 3.8) is 0 Å². The molecule has 0 saturated heterocycles. The van der Waals surface area contributed by atoms with Crippen LogP contribution in [0.15, 0.2) is 22.6 Å². The summed E-state index contributed by atoms with van der Waals surface area (Å²) in [4.78, 5) is 26.8. The predicted octanol–water partition coefficient (Wildman–Crippen LogP) is 2.63. The normalized spacial score (nSPS) is 16.3. The first-order valence-electron chi connectivity index (χ1n) is 8.60. The summed E-state index contributed by atoms with van der Waals surface area (Å²) < 4.78 is 19.0. The Labute approximate surface area is 150 Å². The Morgan fingerprint density at radius 2 is 2.12 bits per heavy atom. The molecule has 1 atom stereocenters. The second kappa shape index (κ2) is 7.23. The van der Waals surface area contributed by atoms with Crippen LogP contribution in [0.2, 0.25) is 0 Å². The Balaban J connectivity index is 1.88. The molecule has 138 valence electrons. The molecule has 1 aromatic carbocycles.